The van der Waals surface area contributed by atoms with E-state index in [1.807, 2.05) is 55.5 Å². The van der Waals surface area contributed by atoms with Gasteiger partial charge >= 0.3 is 119 Å². The van der Waals surface area contributed by atoms with Gasteiger partial charge in [-0.2, -0.15) is 0 Å². The summed E-state index contributed by atoms with van der Waals surface area (Å²) in [5, 5.41) is 9.49. The van der Waals surface area contributed by atoms with Crippen LogP contribution >= 0.6 is 0 Å². The van der Waals surface area contributed by atoms with E-state index in [4.69, 9.17) is 0 Å². The van der Waals surface area contributed by atoms with Crippen LogP contribution in [-0.2, 0) is 0 Å². The minimum absolute atomic E-state index is 0.0148. The molecule has 96 valence electrons. The Balaban J connectivity index is 1.96. The average molecular weight is 314 g/mol. The molecule has 0 aliphatic rings. The van der Waals surface area contributed by atoms with Gasteiger partial charge in [0, 0.05) is 0 Å². The van der Waals surface area contributed by atoms with Crippen molar-refractivity contribution in [3.8, 4) is 0 Å². The summed E-state index contributed by atoms with van der Waals surface area (Å²) in [6.45, 7) is 2.01. The Morgan fingerprint density at radius 3 is 1.89 bits per heavy atom. The SMILES string of the molecule is C=[As]c1ccc(NC(=O)Nc2ccc(C)cc2)cc1. The van der Waals surface area contributed by atoms with Crippen LogP contribution in [0.5, 0.6) is 0 Å². The molecule has 0 aromatic heterocycles. The second kappa shape index (κ2) is 6.35. The summed E-state index contributed by atoms with van der Waals surface area (Å²) < 4.78 is 1.24. The first-order valence-corrected chi connectivity index (χ1v) is 8.15. The molecule has 2 amide bonds. The fourth-order valence-corrected chi connectivity index (χ4v) is 2.34. The van der Waals surface area contributed by atoms with Gasteiger partial charge in [0.1, 0.15) is 0 Å². The van der Waals surface area contributed by atoms with Crippen molar-refractivity contribution < 1.29 is 4.79 Å². The number of hydrogen-bond donors (Lipinski definition) is 2. The fourth-order valence-electron chi connectivity index (χ4n) is 1.58. The molecular weight excluding hydrogens is 299 g/mol. The molecule has 2 N–H and O–H groups in total. The molecule has 0 unspecified atom stereocenters. The first-order valence-electron chi connectivity index (χ1n) is 5.89. The average Bonchev–Trinajstić information content (AvgIpc) is 2.42. The van der Waals surface area contributed by atoms with Gasteiger partial charge in [0.15, 0.2) is 0 Å². The minimum atomic E-state index is -0.237. The van der Waals surface area contributed by atoms with Crippen LogP contribution in [0.25, 0.3) is 0 Å². The zero-order valence-corrected chi connectivity index (χ0v) is 12.6. The van der Waals surface area contributed by atoms with Crippen molar-refractivity contribution in [1.29, 1.82) is 0 Å². The van der Waals surface area contributed by atoms with Crippen LogP contribution < -0.4 is 15.0 Å². The molecule has 4 heteroatoms. The number of nitrogens with one attached hydrogen (secondary N) is 2. The number of aryl methyl sites for hydroxylation is 1. The molecule has 0 atom stereocenters. The standard InChI is InChI=1S/C15H15AsN2O/c1-11-3-7-13(8-4-11)17-15(19)18-14-9-5-12(16-2)6-10-14/h3-10H,2H2,1H3,(H2,17,18,19). The summed E-state index contributed by atoms with van der Waals surface area (Å²) in [7, 11) is 0. The van der Waals surface area contributed by atoms with E-state index in [9.17, 15) is 4.79 Å². The first kappa shape index (κ1) is 13.6. The van der Waals surface area contributed by atoms with E-state index in [1.165, 1.54) is 4.35 Å². The second-order valence-corrected chi connectivity index (χ2v) is 5.90. The molecule has 0 aliphatic heterocycles. The van der Waals surface area contributed by atoms with E-state index in [0.29, 0.717) is 0 Å². The normalized spacial score (nSPS) is 10.2. The van der Waals surface area contributed by atoms with E-state index < -0.39 is 0 Å². The fraction of sp³-hybridized carbons (Fsp3) is 0.0667. The van der Waals surface area contributed by atoms with E-state index >= 15 is 0 Å². The van der Waals surface area contributed by atoms with Gasteiger partial charge in [-0.25, -0.2) is 0 Å². The number of urea groups is 1. The summed E-state index contributed by atoms with van der Waals surface area (Å²) in [6.07, 6.45) is 0. The molecule has 0 saturated carbocycles. The van der Waals surface area contributed by atoms with Crippen molar-refractivity contribution in [1.82, 2.24) is 0 Å². The van der Waals surface area contributed by atoms with E-state index in [1.54, 1.807) is 0 Å². The van der Waals surface area contributed by atoms with Crippen molar-refractivity contribution in [3.63, 3.8) is 0 Å². The zero-order valence-electron chi connectivity index (χ0n) is 10.7. The molecule has 3 nitrogen and oxygen atoms in total. The molecule has 2 rings (SSSR count). The molecule has 0 fully saturated rings. The summed E-state index contributed by atoms with van der Waals surface area (Å²) in [5.41, 5.74) is 2.73. The molecule has 2 aromatic carbocycles. The van der Waals surface area contributed by atoms with E-state index in [2.05, 4.69) is 15.9 Å². The van der Waals surface area contributed by atoms with Crippen molar-refractivity contribution in [2.75, 3.05) is 10.6 Å². The van der Waals surface area contributed by atoms with Crippen LogP contribution in [0.4, 0.5) is 16.2 Å². The Morgan fingerprint density at radius 2 is 1.42 bits per heavy atom. The number of carbonyl (C=O) groups excluding carboxylic acids is 1. The van der Waals surface area contributed by atoms with Gasteiger partial charge in [-0.3, -0.25) is 0 Å². The zero-order chi connectivity index (χ0) is 13.7. The van der Waals surface area contributed by atoms with Crippen LogP contribution in [0, 0.1) is 6.92 Å². The predicted octanol–water partition coefficient (Wildman–Crippen LogP) is 2.40. The van der Waals surface area contributed by atoms with Crippen molar-refractivity contribution in [3.05, 3.63) is 54.1 Å². The molecule has 0 radical (unpaired) electrons. The Hall–Kier alpha value is -1.86. The van der Waals surface area contributed by atoms with Gasteiger partial charge in [-0.1, -0.05) is 0 Å². The number of rotatable bonds is 3. The van der Waals surface area contributed by atoms with Gasteiger partial charge in [0.05, 0.1) is 0 Å². The molecular formula is C15H15AsN2O. The third-order valence-corrected chi connectivity index (χ3v) is 4.01. The van der Waals surface area contributed by atoms with Crippen molar-refractivity contribution >= 4 is 42.4 Å². The third-order valence-electron chi connectivity index (χ3n) is 2.62. The van der Waals surface area contributed by atoms with Crippen LogP contribution in [0.2, 0.25) is 0 Å². The van der Waals surface area contributed by atoms with E-state index in [0.717, 1.165) is 16.9 Å². The maximum absolute atomic E-state index is 11.8. The number of hydrogen-bond acceptors (Lipinski definition) is 1. The number of benzene rings is 2. The molecule has 0 spiro atoms. The summed E-state index contributed by atoms with van der Waals surface area (Å²) in [4.78, 5) is 11.8. The number of anilines is 2. The molecule has 0 heterocycles. The van der Waals surface area contributed by atoms with Crippen molar-refractivity contribution in [2.24, 2.45) is 0 Å². The monoisotopic (exact) mass is 314 g/mol. The Morgan fingerprint density at radius 1 is 0.947 bits per heavy atom. The van der Waals surface area contributed by atoms with Gasteiger partial charge < -0.3 is 0 Å². The van der Waals surface area contributed by atoms with E-state index in [-0.39, 0.29) is 21.3 Å². The molecule has 19 heavy (non-hydrogen) atoms. The Bertz CT molecular complexity index is 576. The van der Waals surface area contributed by atoms with Crippen molar-refractivity contribution in [2.45, 2.75) is 6.92 Å². The first-order chi connectivity index (χ1) is 9.17. The van der Waals surface area contributed by atoms with Gasteiger partial charge in [-0.15, -0.1) is 0 Å². The Labute approximate surface area is 119 Å². The molecule has 0 aliphatic carbocycles. The second-order valence-electron chi connectivity index (χ2n) is 4.15. The topological polar surface area (TPSA) is 41.1 Å². The number of amides is 2. The molecule has 0 saturated heterocycles. The summed E-state index contributed by atoms with van der Waals surface area (Å²) >= 11 is -0.0148. The molecule has 2 aromatic rings. The number of carbonyl (C=O) groups is 1. The van der Waals surface area contributed by atoms with Crippen LogP contribution in [0.1, 0.15) is 5.56 Å². The van der Waals surface area contributed by atoms with Crippen LogP contribution in [0.3, 0.4) is 0 Å². The van der Waals surface area contributed by atoms with Gasteiger partial charge in [-0.05, 0) is 0 Å². The predicted molar refractivity (Wildman–Crippen MR) is 82.8 cm³/mol. The Kier molecular flexibility index (Phi) is 4.53. The molecule has 0 bridgehead atoms. The summed E-state index contributed by atoms with van der Waals surface area (Å²) in [5.74, 6) is 0. The van der Waals surface area contributed by atoms with Crippen LogP contribution in [0.15, 0.2) is 48.5 Å². The maximum atomic E-state index is 11.8. The van der Waals surface area contributed by atoms with Crippen LogP contribution in [-0.4, -0.2) is 26.7 Å². The summed E-state index contributed by atoms with van der Waals surface area (Å²) in [6, 6.07) is 15.2. The van der Waals surface area contributed by atoms with Gasteiger partial charge in [0.25, 0.3) is 0 Å². The van der Waals surface area contributed by atoms with Gasteiger partial charge in [0.2, 0.25) is 0 Å². The quantitative estimate of drug-likeness (QED) is 0.839. The third kappa shape index (κ3) is 4.07.